The highest BCUT2D eigenvalue weighted by Gasteiger charge is 2.52. The molecular formula is C33H17BF19NOSi. The molecular weight excluding hydrogens is 826 g/mol. The fraction of sp³-hybridized carbons (Fsp3) is 0.0909. The summed E-state index contributed by atoms with van der Waals surface area (Å²) in [5.41, 5.74) is -12.4. The lowest BCUT2D eigenvalue weighted by Crippen LogP contribution is -3.00. The van der Waals surface area contributed by atoms with Crippen LogP contribution in [-0.2, 0) is 4.43 Å². The van der Waals surface area contributed by atoms with Gasteiger partial charge in [0.15, 0.2) is 73.8 Å². The molecule has 0 spiro atoms. The Bertz CT molecular complexity index is 2090. The normalized spacial score (nSPS) is 11.9. The number of rotatable bonds is 7. The molecule has 2 nitrogen and oxygen atoms in total. The fourth-order valence-electron chi connectivity index (χ4n) is 5.99. The van der Waals surface area contributed by atoms with E-state index in [1.807, 2.05) is 6.07 Å². The molecule has 0 aliphatic carbocycles. The van der Waals surface area contributed by atoms with Gasteiger partial charge in [-0.05, 0) is 12.1 Å². The largest absolute Gasteiger partial charge is 0.421 e. The molecule has 1 N–H and O–H groups in total. The Labute approximate surface area is 303 Å². The first kappa shape index (κ1) is 43.7. The highest BCUT2D eigenvalue weighted by atomic mass is 28.2. The van der Waals surface area contributed by atoms with E-state index >= 15 is 43.9 Å². The Kier molecular flexibility index (Phi) is 12.7. The Hall–Kier alpha value is -5.03. The van der Waals surface area contributed by atoms with Crippen LogP contribution in [0.4, 0.5) is 89.1 Å². The summed E-state index contributed by atoms with van der Waals surface area (Å²) in [6, 6.07) is 10.4. The zero-order valence-electron chi connectivity index (χ0n) is 27.8. The highest BCUT2D eigenvalue weighted by molar-refractivity contribution is 7.20. The summed E-state index contributed by atoms with van der Waals surface area (Å²) in [7, 11) is 1.87. The summed E-state index contributed by atoms with van der Waals surface area (Å²) in [6.45, 7) is 0. The van der Waals surface area contributed by atoms with Gasteiger partial charge in [-0.15, -0.1) is 21.9 Å². The molecule has 0 aromatic heterocycles. The molecule has 0 bridgehead atoms. The predicted octanol–water partition coefficient (Wildman–Crippen LogP) is 4.53. The fourth-order valence-corrected chi connectivity index (χ4v) is 6.84. The molecule has 56 heavy (non-hydrogen) atoms. The summed E-state index contributed by atoms with van der Waals surface area (Å²) < 4.78 is 289. The lowest BCUT2D eigenvalue weighted by atomic mass is 9.12. The third-order valence-electron chi connectivity index (χ3n) is 8.49. The van der Waals surface area contributed by atoms with Gasteiger partial charge >= 0.3 is 0 Å². The van der Waals surface area contributed by atoms with Crippen molar-refractivity contribution in [2.75, 3.05) is 21.2 Å². The van der Waals surface area contributed by atoms with Crippen molar-refractivity contribution in [3.8, 4) is 0 Å². The number of nitrogens with one attached hydrogen (secondary N) is 1. The third kappa shape index (κ3) is 6.67. The summed E-state index contributed by atoms with van der Waals surface area (Å²) in [5.74, 6) is -65.0. The summed E-state index contributed by atoms with van der Waals surface area (Å²) >= 11 is 0. The molecule has 0 heterocycles. The molecule has 0 aliphatic heterocycles. The van der Waals surface area contributed by atoms with Gasteiger partial charge in [0, 0.05) is 12.3 Å². The maximum atomic E-state index is 15.9. The zero-order valence-corrected chi connectivity index (χ0v) is 29.2. The first-order valence-corrected chi connectivity index (χ1v) is 16.2. The first-order valence-electron chi connectivity index (χ1n) is 15.0. The van der Waals surface area contributed by atoms with Crippen molar-refractivity contribution in [1.82, 2.24) is 0 Å². The smallest absolute Gasteiger partial charge is 0.200 e. The van der Waals surface area contributed by atoms with E-state index in [1.165, 1.54) is 10.6 Å². The minimum Gasteiger partial charge on any atom is -0.421 e. The van der Waals surface area contributed by atoms with Gasteiger partial charge in [0.1, 0.15) is 58.4 Å². The number of quaternary nitrogens is 1. The Balaban J connectivity index is 0.000000678. The number of hydrogen-bond acceptors (Lipinski definition) is 1. The quantitative estimate of drug-likeness (QED) is 0.110. The van der Waals surface area contributed by atoms with Crippen LogP contribution in [0.3, 0.4) is 0 Å². The van der Waals surface area contributed by atoms with Gasteiger partial charge in [-0.3, -0.25) is 0 Å². The molecule has 300 valence electrons. The van der Waals surface area contributed by atoms with E-state index in [9.17, 15) is 39.5 Å². The van der Waals surface area contributed by atoms with E-state index in [0.29, 0.717) is 7.11 Å². The van der Waals surface area contributed by atoms with Crippen molar-refractivity contribution in [2.24, 2.45) is 0 Å². The minimum absolute atomic E-state index is 0.654. The maximum Gasteiger partial charge on any atom is 0.200 e. The minimum atomic E-state index is -7.09. The Morgan fingerprint density at radius 2 is 0.607 bits per heavy atom. The molecule has 5 aromatic rings. The third-order valence-corrected chi connectivity index (χ3v) is 9.69. The van der Waals surface area contributed by atoms with Gasteiger partial charge in [-0.1, -0.05) is 18.2 Å². The number of para-hydroxylation sites is 1. The van der Waals surface area contributed by atoms with Gasteiger partial charge in [-0.25, -0.2) is 83.4 Å². The Morgan fingerprint density at radius 3 is 0.821 bits per heavy atom. The van der Waals surface area contributed by atoms with E-state index < -0.39 is 153 Å². The van der Waals surface area contributed by atoms with Crippen LogP contribution < -0.4 is 31.9 Å². The second-order valence-electron chi connectivity index (χ2n) is 11.8. The molecule has 0 amide bonds. The lowest BCUT2D eigenvalue weighted by Gasteiger charge is -2.45. The second kappa shape index (κ2) is 16.2. The van der Waals surface area contributed by atoms with Crippen LogP contribution in [0.5, 0.6) is 0 Å². The van der Waals surface area contributed by atoms with Crippen molar-refractivity contribution >= 4 is 48.6 Å². The molecule has 0 atom stereocenters. The molecule has 0 radical (unpaired) electrons. The first-order chi connectivity index (χ1) is 26.0. The molecule has 0 saturated heterocycles. The second-order valence-corrected chi connectivity index (χ2v) is 13.3. The van der Waals surface area contributed by atoms with Crippen LogP contribution in [0, 0.1) is 111 Å². The molecule has 0 fully saturated rings. The van der Waals surface area contributed by atoms with Gasteiger partial charge in [0.2, 0.25) is 0 Å². The average Bonchev–Trinajstić information content (AvgIpc) is 3.17. The van der Waals surface area contributed by atoms with Crippen molar-refractivity contribution in [1.29, 1.82) is 0 Å². The number of halogens is 19. The van der Waals surface area contributed by atoms with Crippen molar-refractivity contribution in [3.63, 3.8) is 0 Å². The molecule has 5 aromatic carbocycles. The van der Waals surface area contributed by atoms with Gasteiger partial charge < -0.3 is 9.33 Å². The van der Waals surface area contributed by atoms with Crippen molar-refractivity contribution in [2.45, 2.75) is 0 Å². The van der Waals surface area contributed by atoms with Gasteiger partial charge in [0.25, 0.3) is 0 Å². The zero-order chi connectivity index (χ0) is 42.5. The summed E-state index contributed by atoms with van der Waals surface area (Å²) in [4.78, 5) is 1.37. The van der Waals surface area contributed by atoms with E-state index in [0.717, 1.165) is 0 Å². The van der Waals surface area contributed by atoms with Crippen LogP contribution >= 0.6 is 0 Å². The van der Waals surface area contributed by atoms with Crippen LogP contribution in [0.1, 0.15) is 0 Å². The number of benzene rings is 5. The van der Waals surface area contributed by atoms with E-state index in [4.69, 9.17) is 0 Å². The standard InChI is InChI=1S/C25H5BF19OSi.C8H11N/c1-46-47-25-23(44)12(33)5(13(34)24(25)45)26(2-6(27)14(35)20(41)15(36)7(2)28,3-8(29)16(37)21(42)17(38)9(3)30)4-10(31)18(39)22(43)19(40)11(4)32;1-9(2)8-6-4-3-5-7-8/h47H2,1H3;3-7H,1-2H3/q-1;/p+1. The monoisotopic (exact) mass is 843 g/mol. The molecule has 0 unspecified atom stereocenters. The van der Waals surface area contributed by atoms with Crippen LogP contribution in [0.2, 0.25) is 0 Å². The van der Waals surface area contributed by atoms with E-state index in [-0.39, 0.29) is 0 Å². The van der Waals surface area contributed by atoms with Crippen LogP contribution in [-0.4, -0.2) is 37.1 Å². The predicted molar refractivity (Wildman–Crippen MR) is 163 cm³/mol. The molecule has 0 saturated carbocycles. The summed E-state index contributed by atoms with van der Waals surface area (Å²) in [5, 5.41) is -1.80. The maximum absolute atomic E-state index is 15.9. The molecule has 23 heteroatoms. The van der Waals surface area contributed by atoms with Gasteiger partial charge in [0.05, 0.1) is 14.1 Å². The average molecular weight is 843 g/mol. The van der Waals surface area contributed by atoms with Crippen LogP contribution in [0.15, 0.2) is 30.3 Å². The molecule has 5 rings (SSSR count). The Morgan fingerprint density at radius 1 is 0.375 bits per heavy atom. The highest BCUT2D eigenvalue weighted by Crippen LogP contribution is 2.30. The lowest BCUT2D eigenvalue weighted by molar-refractivity contribution is -0.786. The van der Waals surface area contributed by atoms with Crippen molar-refractivity contribution < 1.29 is 92.7 Å². The topological polar surface area (TPSA) is 13.7 Å². The van der Waals surface area contributed by atoms with E-state index in [2.05, 4.69) is 42.8 Å². The molecule has 0 aliphatic rings. The van der Waals surface area contributed by atoms with Crippen molar-refractivity contribution in [3.05, 3.63) is 141 Å². The SMILES string of the molecule is CO[SiH2]c1c(F)c(F)c([B-](c2c(F)c(F)c(F)c(F)c2F)(c2c(F)c(F)c(F)c(F)c2F)c2c(F)c(F)c(F)c(F)c2F)c(F)c1F.C[NH+](C)c1ccccc1. The van der Waals surface area contributed by atoms with E-state index in [1.54, 1.807) is 0 Å². The van der Waals surface area contributed by atoms with Gasteiger partial charge in [-0.2, -0.15) is 0 Å². The number of hydrogen-bond donors (Lipinski definition) is 1. The summed E-state index contributed by atoms with van der Waals surface area (Å²) in [6.07, 6.45) is -7.09. The van der Waals surface area contributed by atoms with Crippen LogP contribution in [0.25, 0.3) is 0 Å².